The van der Waals surface area contributed by atoms with E-state index in [1.807, 2.05) is 23.6 Å². The molecular formula is C15H17NO3S. The van der Waals surface area contributed by atoms with E-state index in [1.165, 1.54) is 5.56 Å². The Hall–Kier alpha value is -2.01. The Morgan fingerprint density at radius 3 is 2.80 bits per heavy atom. The van der Waals surface area contributed by atoms with Crippen LogP contribution in [0.4, 0.5) is 5.69 Å². The van der Waals surface area contributed by atoms with Crippen molar-refractivity contribution in [3.8, 4) is 5.75 Å². The summed E-state index contributed by atoms with van der Waals surface area (Å²) in [6.07, 6.45) is 0.972. The summed E-state index contributed by atoms with van der Waals surface area (Å²) in [7, 11) is 0. The number of carbonyl (C=O) groups excluding carboxylic acids is 1. The highest BCUT2D eigenvalue weighted by molar-refractivity contribution is 7.07. The van der Waals surface area contributed by atoms with E-state index in [0.717, 1.165) is 6.42 Å². The lowest BCUT2D eigenvalue weighted by molar-refractivity contribution is -0.144. The number of esters is 1. The number of para-hydroxylation sites is 2. The van der Waals surface area contributed by atoms with Crippen molar-refractivity contribution in [2.24, 2.45) is 0 Å². The fourth-order valence-corrected chi connectivity index (χ4v) is 2.35. The van der Waals surface area contributed by atoms with Crippen LogP contribution in [0.1, 0.15) is 12.0 Å². The Labute approximate surface area is 122 Å². The molecule has 0 fully saturated rings. The predicted molar refractivity (Wildman–Crippen MR) is 79.9 cm³/mol. The summed E-state index contributed by atoms with van der Waals surface area (Å²) in [5, 5.41) is 4.06. The van der Waals surface area contributed by atoms with Gasteiger partial charge in [0.15, 0.2) is 0 Å². The van der Waals surface area contributed by atoms with Gasteiger partial charge in [0.25, 0.3) is 0 Å². The zero-order chi connectivity index (χ0) is 14.2. The molecule has 0 aliphatic carbocycles. The third kappa shape index (κ3) is 4.59. The number of thiophene rings is 1. The van der Waals surface area contributed by atoms with Crippen molar-refractivity contribution in [2.45, 2.75) is 12.8 Å². The van der Waals surface area contributed by atoms with Gasteiger partial charge < -0.3 is 15.2 Å². The summed E-state index contributed by atoms with van der Waals surface area (Å²) in [6.45, 7) is 0.675. The molecule has 1 aromatic heterocycles. The second-order valence-electron chi connectivity index (χ2n) is 4.24. The van der Waals surface area contributed by atoms with Gasteiger partial charge in [-0.2, -0.15) is 11.3 Å². The molecule has 0 spiro atoms. The molecule has 1 heterocycles. The highest BCUT2D eigenvalue weighted by atomic mass is 32.1. The van der Waals surface area contributed by atoms with Crippen LogP contribution in [0.15, 0.2) is 41.1 Å². The number of anilines is 1. The summed E-state index contributed by atoms with van der Waals surface area (Å²) < 4.78 is 10.6. The maximum absolute atomic E-state index is 11.5. The van der Waals surface area contributed by atoms with Crippen LogP contribution in [0, 0.1) is 0 Å². The number of hydrogen-bond donors (Lipinski definition) is 1. The number of ether oxygens (including phenoxy) is 2. The molecule has 0 radical (unpaired) electrons. The average Bonchev–Trinajstić information content (AvgIpc) is 2.94. The van der Waals surface area contributed by atoms with Crippen LogP contribution < -0.4 is 10.5 Å². The first-order valence-corrected chi connectivity index (χ1v) is 7.34. The molecule has 0 bridgehead atoms. The molecule has 0 saturated heterocycles. The molecule has 0 saturated carbocycles. The molecule has 20 heavy (non-hydrogen) atoms. The normalized spacial score (nSPS) is 10.2. The first-order valence-electron chi connectivity index (χ1n) is 6.39. The smallest absolute Gasteiger partial charge is 0.309 e. The third-order valence-electron chi connectivity index (χ3n) is 2.72. The van der Waals surface area contributed by atoms with Gasteiger partial charge in [0.1, 0.15) is 5.75 Å². The highest BCUT2D eigenvalue weighted by Gasteiger charge is 2.05. The first-order chi connectivity index (χ1) is 9.75. The monoisotopic (exact) mass is 291 g/mol. The van der Waals surface area contributed by atoms with Gasteiger partial charge in [-0.25, -0.2) is 0 Å². The van der Waals surface area contributed by atoms with Crippen molar-refractivity contribution in [3.05, 3.63) is 46.7 Å². The van der Waals surface area contributed by atoms with Gasteiger partial charge in [-0.1, -0.05) is 12.1 Å². The number of hydrogen-bond acceptors (Lipinski definition) is 5. The van der Waals surface area contributed by atoms with Crippen molar-refractivity contribution in [1.82, 2.24) is 0 Å². The van der Waals surface area contributed by atoms with Crippen LogP contribution in [-0.4, -0.2) is 19.2 Å². The molecule has 0 aliphatic rings. The zero-order valence-electron chi connectivity index (χ0n) is 11.1. The maximum atomic E-state index is 11.5. The molecule has 0 atom stereocenters. The summed E-state index contributed by atoms with van der Waals surface area (Å²) in [6, 6.07) is 9.23. The summed E-state index contributed by atoms with van der Waals surface area (Å²) in [5.41, 5.74) is 7.49. The minimum Gasteiger partial charge on any atom is -0.491 e. The minimum atomic E-state index is -0.255. The van der Waals surface area contributed by atoms with Crippen molar-refractivity contribution in [3.63, 3.8) is 0 Å². The highest BCUT2D eigenvalue weighted by Crippen LogP contribution is 2.19. The van der Waals surface area contributed by atoms with Gasteiger partial charge >= 0.3 is 5.97 Å². The van der Waals surface area contributed by atoms with Crippen LogP contribution >= 0.6 is 11.3 Å². The Morgan fingerprint density at radius 2 is 2.05 bits per heavy atom. The topological polar surface area (TPSA) is 61.5 Å². The molecule has 2 aromatic rings. The molecule has 2 N–H and O–H groups in total. The van der Waals surface area contributed by atoms with Crippen LogP contribution in [0.2, 0.25) is 0 Å². The Morgan fingerprint density at radius 1 is 1.20 bits per heavy atom. The molecule has 5 heteroatoms. The SMILES string of the molecule is Nc1ccccc1OCCC(=O)OCCc1ccsc1. The van der Waals surface area contributed by atoms with Crippen molar-refractivity contribution in [2.75, 3.05) is 18.9 Å². The fourth-order valence-electron chi connectivity index (χ4n) is 1.65. The number of rotatable bonds is 7. The molecule has 2 rings (SSSR count). The van der Waals surface area contributed by atoms with Crippen LogP contribution in [0.25, 0.3) is 0 Å². The van der Waals surface area contributed by atoms with E-state index in [4.69, 9.17) is 15.2 Å². The van der Waals surface area contributed by atoms with Gasteiger partial charge in [0, 0.05) is 6.42 Å². The van der Waals surface area contributed by atoms with Crippen LogP contribution in [-0.2, 0) is 16.0 Å². The number of benzene rings is 1. The molecule has 1 aromatic carbocycles. The zero-order valence-corrected chi connectivity index (χ0v) is 11.9. The number of nitrogen functional groups attached to an aromatic ring is 1. The third-order valence-corrected chi connectivity index (χ3v) is 3.45. The summed E-state index contributed by atoms with van der Waals surface area (Å²) in [5.74, 6) is 0.341. The van der Waals surface area contributed by atoms with Gasteiger partial charge in [-0.05, 0) is 34.5 Å². The largest absolute Gasteiger partial charge is 0.491 e. The summed E-state index contributed by atoms with van der Waals surface area (Å²) >= 11 is 1.64. The molecule has 0 unspecified atom stereocenters. The van der Waals surface area contributed by atoms with Crippen LogP contribution in [0.3, 0.4) is 0 Å². The Bertz CT molecular complexity index is 540. The van der Waals surface area contributed by atoms with Gasteiger partial charge in [0.2, 0.25) is 0 Å². The average molecular weight is 291 g/mol. The lowest BCUT2D eigenvalue weighted by Gasteiger charge is -2.08. The standard InChI is InChI=1S/C15H17NO3S/c16-13-3-1-2-4-14(13)18-9-6-15(17)19-8-5-12-7-10-20-11-12/h1-4,7,10-11H,5-6,8-9,16H2. The van der Waals surface area contributed by atoms with E-state index in [2.05, 4.69) is 5.38 Å². The van der Waals surface area contributed by atoms with Crippen LogP contribution in [0.5, 0.6) is 5.75 Å². The Balaban J connectivity index is 1.62. The maximum Gasteiger partial charge on any atom is 0.309 e. The quantitative estimate of drug-likeness (QED) is 0.629. The van der Waals surface area contributed by atoms with Gasteiger partial charge in [-0.15, -0.1) is 0 Å². The lowest BCUT2D eigenvalue weighted by atomic mass is 10.2. The van der Waals surface area contributed by atoms with E-state index >= 15 is 0 Å². The molecule has 0 amide bonds. The predicted octanol–water partition coefficient (Wildman–Crippen LogP) is 2.89. The second kappa shape index (κ2) is 7.55. The minimum absolute atomic E-state index is 0.220. The second-order valence-corrected chi connectivity index (χ2v) is 5.02. The van der Waals surface area contributed by atoms with Crippen molar-refractivity contribution < 1.29 is 14.3 Å². The fraction of sp³-hybridized carbons (Fsp3) is 0.267. The number of carbonyl (C=O) groups is 1. The van der Waals surface area contributed by atoms with E-state index in [9.17, 15) is 4.79 Å². The number of nitrogens with two attached hydrogens (primary N) is 1. The molecule has 4 nitrogen and oxygen atoms in total. The van der Waals surface area contributed by atoms with Crippen molar-refractivity contribution in [1.29, 1.82) is 0 Å². The Kier molecular flexibility index (Phi) is 5.43. The lowest BCUT2D eigenvalue weighted by Crippen LogP contribution is -2.12. The van der Waals surface area contributed by atoms with Gasteiger partial charge in [0.05, 0.1) is 25.3 Å². The van der Waals surface area contributed by atoms with E-state index in [1.54, 1.807) is 23.5 Å². The van der Waals surface area contributed by atoms with Gasteiger partial charge in [-0.3, -0.25) is 4.79 Å². The van der Waals surface area contributed by atoms with Crippen molar-refractivity contribution >= 4 is 23.0 Å². The molecular weight excluding hydrogens is 274 g/mol. The first kappa shape index (κ1) is 14.4. The summed E-state index contributed by atoms with van der Waals surface area (Å²) in [4.78, 5) is 11.5. The van der Waals surface area contributed by atoms with E-state index < -0.39 is 0 Å². The molecule has 0 aliphatic heterocycles. The van der Waals surface area contributed by atoms with E-state index in [0.29, 0.717) is 18.0 Å². The molecule has 106 valence electrons. The van der Waals surface area contributed by atoms with E-state index in [-0.39, 0.29) is 19.0 Å².